The van der Waals surface area contributed by atoms with Gasteiger partial charge in [-0.15, -0.1) is 0 Å². The largest absolute Gasteiger partial charge is 0.462 e. The van der Waals surface area contributed by atoms with Crippen molar-refractivity contribution in [1.29, 1.82) is 0 Å². The van der Waals surface area contributed by atoms with Crippen LogP contribution in [0.25, 0.3) is 0 Å². The zero-order valence-corrected chi connectivity index (χ0v) is 53.0. The van der Waals surface area contributed by atoms with Crippen molar-refractivity contribution in [3.05, 3.63) is 122 Å². The molecule has 0 aliphatic carbocycles. The SMILES string of the molecule is CC/C=C\C/C=C\C/C=C\C/C=C\C/C=C\C/C=C\C/C=C\CCCCCC(=O)OCC(COC(=O)CCCCCCCCCCCCCCCCC)OC(=O)CCCCCCCCCC/C=C\C/C=C\C/C=C\CCCCCCC. The van der Waals surface area contributed by atoms with E-state index in [0.29, 0.717) is 19.3 Å². The van der Waals surface area contributed by atoms with Crippen LogP contribution in [0.5, 0.6) is 0 Å². The summed E-state index contributed by atoms with van der Waals surface area (Å²) >= 11 is 0. The fourth-order valence-electron chi connectivity index (χ4n) is 9.37. The molecule has 0 spiro atoms. The first kappa shape index (κ1) is 76.8. The summed E-state index contributed by atoms with van der Waals surface area (Å²) in [6.07, 6.45) is 94.9. The van der Waals surface area contributed by atoms with Crippen LogP contribution in [0.4, 0.5) is 0 Å². The number of carbonyl (C=O) groups is 3. The molecular formula is C75H126O6. The lowest BCUT2D eigenvalue weighted by molar-refractivity contribution is -0.167. The maximum absolute atomic E-state index is 12.9. The van der Waals surface area contributed by atoms with E-state index in [1.807, 2.05) is 0 Å². The summed E-state index contributed by atoms with van der Waals surface area (Å²) in [5.74, 6) is -0.924. The molecule has 0 saturated heterocycles. The van der Waals surface area contributed by atoms with Gasteiger partial charge in [-0.1, -0.05) is 303 Å². The van der Waals surface area contributed by atoms with Crippen molar-refractivity contribution in [2.75, 3.05) is 13.2 Å². The van der Waals surface area contributed by atoms with Crippen LogP contribution >= 0.6 is 0 Å². The molecule has 0 bridgehead atoms. The van der Waals surface area contributed by atoms with Gasteiger partial charge >= 0.3 is 17.9 Å². The van der Waals surface area contributed by atoms with Gasteiger partial charge in [0.1, 0.15) is 13.2 Å². The molecule has 0 aromatic rings. The Balaban J connectivity index is 4.45. The van der Waals surface area contributed by atoms with E-state index in [4.69, 9.17) is 14.2 Å². The van der Waals surface area contributed by atoms with Crippen LogP contribution in [0.3, 0.4) is 0 Å². The molecule has 81 heavy (non-hydrogen) atoms. The summed E-state index contributed by atoms with van der Waals surface area (Å²) in [4.78, 5) is 38.4. The van der Waals surface area contributed by atoms with E-state index in [1.54, 1.807) is 0 Å². The minimum Gasteiger partial charge on any atom is -0.462 e. The molecular weight excluding hydrogens is 997 g/mol. The Hall–Kier alpha value is -4.19. The Kier molecular flexibility index (Phi) is 64.8. The first-order chi connectivity index (χ1) is 40.0. The van der Waals surface area contributed by atoms with Gasteiger partial charge in [-0.3, -0.25) is 14.4 Å². The Morgan fingerprint density at radius 1 is 0.259 bits per heavy atom. The second-order valence-electron chi connectivity index (χ2n) is 22.4. The van der Waals surface area contributed by atoms with Gasteiger partial charge in [0.05, 0.1) is 0 Å². The molecule has 0 heterocycles. The number of hydrogen-bond donors (Lipinski definition) is 0. The standard InChI is InChI=1S/C75H126O6/c1-4-7-10-13-16-19-22-25-28-30-32-34-36-37-39-40-42-44-47-50-53-56-59-62-65-68-74(77)80-71-72(70-79-73(76)67-64-61-58-55-52-49-46-27-24-21-18-15-12-9-6-3)81-75(78)69-66-63-60-57-54-51-48-45-43-41-38-35-33-31-29-26-23-20-17-14-11-8-5-2/h7,10,16,19,23,25-26,28,31-34,37-39,41-42,44,50,53,72H,4-6,8-9,11-15,17-18,20-22,24,27,29-30,35-36,40,43,45-49,51-52,54-71H2,1-3H3/b10-7-,19-16-,26-23-,28-25-,33-31-,34-32-,39-37-,41-38-,44-42-,53-50-. The lowest BCUT2D eigenvalue weighted by Crippen LogP contribution is -2.30. The van der Waals surface area contributed by atoms with Crippen molar-refractivity contribution >= 4 is 17.9 Å². The summed E-state index contributed by atoms with van der Waals surface area (Å²) < 4.78 is 16.9. The van der Waals surface area contributed by atoms with Gasteiger partial charge in [0, 0.05) is 19.3 Å². The van der Waals surface area contributed by atoms with Crippen molar-refractivity contribution in [2.45, 2.75) is 322 Å². The predicted octanol–water partition coefficient (Wildman–Crippen LogP) is 23.6. The van der Waals surface area contributed by atoms with Gasteiger partial charge in [0.2, 0.25) is 0 Å². The first-order valence-electron chi connectivity index (χ1n) is 34.0. The molecule has 1 unspecified atom stereocenters. The second kappa shape index (κ2) is 68.3. The minimum atomic E-state index is -0.800. The fourth-order valence-corrected chi connectivity index (χ4v) is 9.37. The molecule has 0 aromatic heterocycles. The molecule has 0 saturated carbocycles. The Bertz CT molecular complexity index is 1670. The molecule has 0 aliphatic rings. The van der Waals surface area contributed by atoms with Gasteiger partial charge < -0.3 is 14.2 Å². The van der Waals surface area contributed by atoms with Crippen molar-refractivity contribution in [2.24, 2.45) is 0 Å². The van der Waals surface area contributed by atoms with Crippen LogP contribution in [0.1, 0.15) is 316 Å². The van der Waals surface area contributed by atoms with E-state index >= 15 is 0 Å². The highest BCUT2D eigenvalue weighted by molar-refractivity contribution is 5.71. The van der Waals surface area contributed by atoms with Gasteiger partial charge in [-0.25, -0.2) is 0 Å². The molecule has 0 N–H and O–H groups in total. The second-order valence-corrected chi connectivity index (χ2v) is 22.4. The normalized spacial score (nSPS) is 12.9. The van der Waals surface area contributed by atoms with Gasteiger partial charge in [0.15, 0.2) is 6.10 Å². The third-order valence-corrected chi connectivity index (χ3v) is 14.5. The van der Waals surface area contributed by atoms with Gasteiger partial charge in [0.25, 0.3) is 0 Å². The van der Waals surface area contributed by atoms with Gasteiger partial charge in [-0.05, 0) is 116 Å². The highest BCUT2D eigenvalue weighted by Gasteiger charge is 2.19. The Morgan fingerprint density at radius 2 is 0.481 bits per heavy atom. The van der Waals surface area contributed by atoms with Crippen molar-refractivity contribution in [3.63, 3.8) is 0 Å². The van der Waals surface area contributed by atoms with E-state index in [0.717, 1.165) is 128 Å². The average molecular weight is 1120 g/mol. The van der Waals surface area contributed by atoms with Crippen LogP contribution in [0.15, 0.2) is 122 Å². The highest BCUT2D eigenvalue weighted by Crippen LogP contribution is 2.16. The third kappa shape index (κ3) is 66.5. The molecule has 0 amide bonds. The molecule has 0 radical (unpaired) electrons. The number of rotatable bonds is 61. The lowest BCUT2D eigenvalue weighted by Gasteiger charge is -2.18. The molecule has 0 aliphatic heterocycles. The molecule has 1 atom stereocenters. The van der Waals surface area contributed by atoms with Crippen LogP contribution in [-0.2, 0) is 28.6 Å². The number of ether oxygens (including phenoxy) is 3. The summed E-state index contributed by atoms with van der Waals surface area (Å²) in [5, 5.41) is 0. The van der Waals surface area contributed by atoms with Crippen molar-refractivity contribution in [3.8, 4) is 0 Å². The topological polar surface area (TPSA) is 78.9 Å². The summed E-state index contributed by atoms with van der Waals surface area (Å²) in [7, 11) is 0. The number of esters is 3. The lowest BCUT2D eigenvalue weighted by atomic mass is 10.0. The van der Waals surface area contributed by atoms with E-state index in [9.17, 15) is 14.4 Å². The molecule has 462 valence electrons. The van der Waals surface area contributed by atoms with E-state index in [1.165, 1.54) is 148 Å². The smallest absolute Gasteiger partial charge is 0.306 e. The number of carbonyl (C=O) groups excluding carboxylic acids is 3. The average Bonchev–Trinajstić information content (AvgIpc) is 3.47. The Labute approximate surface area is 501 Å². The number of unbranched alkanes of at least 4 members (excludes halogenated alkanes) is 30. The number of hydrogen-bond acceptors (Lipinski definition) is 6. The van der Waals surface area contributed by atoms with Crippen molar-refractivity contribution in [1.82, 2.24) is 0 Å². The van der Waals surface area contributed by atoms with Crippen LogP contribution < -0.4 is 0 Å². The van der Waals surface area contributed by atoms with Gasteiger partial charge in [-0.2, -0.15) is 0 Å². The monoisotopic (exact) mass is 1120 g/mol. The first-order valence-corrected chi connectivity index (χ1v) is 34.0. The number of allylic oxidation sites excluding steroid dienone is 20. The minimum absolute atomic E-state index is 0.0917. The van der Waals surface area contributed by atoms with E-state index in [-0.39, 0.29) is 31.1 Å². The van der Waals surface area contributed by atoms with Crippen LogP contribution in [-0.4, -0.2) is 37.2 Å². The quantitative estimate of drug-likeness (QED) is 0.0261. The third-order valence-electron chi connectivity index (χ3n) is 14.5. The zero-order chi connectivity index (χ0) is 58.5. The van der Waals surface area contributed by atoms with Crippen LogP contribution in [0.2, 0.25) is 0 Å². The maximum Gasteiger partial charge on any atom is 0.306 e. The summed E-state index contributed by atoms with van der Waals surface area (Å²) in [6.45, 7) is 6.51. The Morgan fingerprint density at radius 3 is 0.765 bits per heavy atom. The molecule has 0 fully saturated rings. The molecule has 6 nitrogen and oxygen atoms in total. The molecule has 6 heteroatoms. The molecule has 0 rings (SSSR count). The van der Waals surface area contributed by atoms with E-state index in [2.05, 4.69) is 142 Å². The van der Waals surface area contributed by atoms with E-state index < -0.39 is 6.10 Å². The predicted molar refractivity (Wildman–Crippen MR) is 353 cm³/mol. The van der Waals surface area contributed by atoms with Crippen LogP contribution in [0, 0.1) is 0 Å². The zero-order valence-electron chi connectivity index (χ0n) is 53.0. The highest BCUT2D eigenvalue weighted by atomic mass is 16.6. The maximum atomic E-state index is 12.9. The van der Waals surface area contributed by atoms with Crippen molar-refractivity contribution < 1.29 is 28.6 Å². The summed E-state index contributed by atoms with van der Waals surface area (Å²) in [6, 6.07) is 0. The molecule has 0 aromatic carbocycles. The summed E-state index contributed by atoms with van der Waals surface area (Å²) in [5.41, 5.74) is 0. The fraction of sp³-hybridized carbons (Fsp3) is 0.693.